The lowest BCUT2D eigenvalue weighted by Gasteiger charge is -2.21. The van der Waals surface area contributed by atoms with Crippen molar-refractivity contribution < 1.29 is 14.3 Å². The van der Waals surface area contributed by atoms with E-state index in [0.717, 1.165) is 31.5 Å². The molecule has 1 aliphatic rings. The zero-order valence-electron chi connectivity index (χ0n) is 11.1. The predicted molar refractivity (Wildman–Crippen MR) is 70.9 cm³/mol. The molecular formula is C14H19NO3. The van der Waals surface area contributed by atoms with Crippen molar-refractivity contribution in [1.82, 2.24) is 0 Å². The second-order valence-corrected chi connectivity index (χ2v) is 4.72. The van der Waals surface area contributed by atoms with Gasteiger partial charge in [0.25, 0.3) is 0 Å². The molecule has 0 spiro atoms. The summed E-state index contributed by atoms with van der Waals surface area (Å²) in [5.74, 6) is 1.92. The number of carbonyl (C=O) groups excluding carboxylic acids is 1. The van der Waals surface area contributed by atoms with Gasteiger partial charge in [0.05, 0.1) is 19.9 Å². The third kappa shape index (κ3) is 2.28. The summed E-state index contributed by atoms with van der Waals surface area (Å²) in [6.07, 6.45) is 2.03. The second-order valence-electron chi connectivity index (χ2n) is 4.72. The Morgan fingerprint density at radius 1 is 1.28 bits per heavy atom. The van der Waals surface area contributed by atoms with Crippen LogP contribution in [0.3, 0.4) is 0 Å². The Kier molecular flexibility index (Phi) is 3.75. The first-order chi connectivity index (χ1) is 8.69. The van der Waals surface area contributed by atoms with Gasteiger partial charge >= 0.3 is 0 Å². The molecule has 0 aliphatic carbocycles. The van der Waals surface area contributed by atoms with Crippen LogP contribution in [0.25, 0.3) is 0 Å². The average molecular weight is 249 g/mol. The number of nitrogens with zero attached hydrogens (tertiary/aromatic N) is 1. The highest BCUT2D eigenvalue weighted by atomic mass is 16.5. The van der Waals surface area contributed by atoms with Crippen molar-refractivity contribution in [2.45, 2.75) is 13.3 Å². The van der Waals surface area contributed by atoms with Crippen molar-refractivity contribution in [3.05, 3.63) is 17.7 Å². The number of hydrogen-bond acceptors (Lipinski definition) is 4. The van der Waals surface area contributed by atoms with Gasteiger partial charge in [-0.2, -0.15) is 0 Å². The molecule has 0 saturated carbocycles. The van der Waals surface area contributed by atoms with E-state index >= 15 is 0 Å². The number of anilines is 1. The molecule has 0 bridgehead atoms. The Labute approximate surface area is 107 Å². The van der Waals surface area contributed by atoms with Gasteiger partial charge in [-0.1, -0.05) is 6.92 Å². The predicted octanol–water partition coefficient (Wildman–Crippen LogP) is 2.36. The Morgan fingerprint density at radius 2 is 1.94 bits per heavy atom. The number of aldehydes is 1. The fraction of sp³-hybridized carbons (Fsp3) is 0.500. The summed E-state index contributed by atoms with van der Waals surface area (Å²) in [6, 6.07) is 3.63. The quantitative estimate of drug-likeness (QED) is 0.768. The van der Waals surface area contributed by atoms with E-state index in [4.69, 9.17) is 9.47 Å². The van der Waals surface area contributed by atoms with Gasteiger partial charge in [0.2, 0.25) is 0 Å². The van der Waals surface area contributed by atoms with E-state index in [2.05, 4.69) is 11.8 Å². The standard InChI is InChI=1S/C14H19NO3/c1-10-4-5-15(8-10)12-7-14(18-3)13(17-2)6-11(12)9-16/h6-7,9-10H,4-5,8H2,1-3H3. The van der Waals surface area contributed by atoms with Crippen molar-refractivity contribution in [3.63, 3.8) is 0 Å². The Bertz CT molecular complexity index is 445. The van der Waals surface area contributed by atoms with E-state index in [9.17, 15) is 4.79 Å². The van der Waals surface area contributed by atoms with Gasteiger partial charge in [0.15, 0.2) is 17.8 Å². The second kappa shape index (κ2) is 5.29. The zero-order chi connectivity index (χ0) is 13.1. The van der Waals surface area contributed by atoms with Crippen LogP contribution in [0.2, 0.25) is 0 Å². The summed E-state index contributed by atoms with van der Waals surface area (Å²) in [4.78, 5) is 13.4. The first-order valence-electron chi connectivity index (χ1n) is 6.15. The van der Waals surface area contributed by atoms with Crippen molar-refractivity contribution in [1.29, 1.82) is 0 Å². The van der Waals surface area contributed by atoms with Gasteiger partial charge in [-0.15, -0.1) is 0 Å². The van der Waals surface area contributed by atoms with Gasteiger partial charge < -0.3 is 14.4 Å². The topological polar surface area (TPSA) is 38.8 Å². The minimum absolute atomic E-state index is 0.593. The maximum atomic E-state index is 11.2. The van der Waals surface area contributed by atoms with Crippen molar-refractivity contribution >= 4 is 12.0 Å². The molecule has 0 amide bonds. The summed E-state index contributed by atoms with van der Waals surface area (Å²) in [5.41, 5.74) is 1.59. The van der Waals surface area contributed by atoms with Crippen LogP contribution in [0, 0.1) is 5.92 Å². The molecule has 1 aromatic rings. The molecule has 1 unspecified atom stereocenters. The molecule has 2 rings (SSSR count). The molecule has 1 fully saturated rings. The number of hydrogen-bond donors (Lipinski definition) is 0. The Balaban J connectivity index is 2.42. The zero-order valence-corrected chi connectivity index (χ0v) is 11.1. The Hall–Kier alpha value is -1.71. The summed E-state index contributed by atoms with van der Waals surface area (Å²) in [5, 5.41) is 0. The van der Waals surface area contributed by atoms with E-state index in [-0.39, 0.29) is 0 Å². The fourth-order valence-corrected chi connectivity index (χ4v) is 2.41. The third-order valence-electron chi connectivity index (χ3n) is 3.42. The Morgan fingerprint density at radius 3 is 2.44 bits per heavy atom. The van der Waals surface area contributed by atoms with Crippen LogP contribution in [0.15, 0.2) is 12.1 Å². The third-order valence-corrected chi connectivity index (χ3v) is 3.42. The molecule has 0 aromatic heterocycles. The fourth-order valence-electron chi connectivity index (χ4n) is 2.41. The highest BCUT2D eigenvalue weighted by Gasteiger charge is 2.22. The van der Waals surface area contributed by atoms with Gasteiger partial charge in [0, 0.05) is 24.7 Å². The molecule has 4 heteroatoms. The molecule has 4 nitrogen and oxygen atoms in total. The first kappa shape index (κ1) is 12.7. The molecule has 1 aliphatic heterocycles. The SMILES string of the molecule is COc1cc(C=O)c(N2CCC(C)C2)cc1OC. The average Bonchev–Trinajstić information content (AvgIpc) is 2.83. The normalized spacial score (nSPS) is 18.8. The summed E-state index contributed by atoms with van der Waals surface area (Å²) in [6.45, 7) is 4.19. The van der Waals surface area contributed by atoms with Gasteiger partial charge in [-0.3, -0.25) is 4.79 Å². The molecule has 1 atom stereocenters. The molecule has 0 N–H and O–H groups in total. The smallest absolute Gasteiger partial charge is 0.162 e. The maximum absolute atomic E-state index is 11.2. The van der Waals surface area contributed by atoms with Crippen LogP contribution in [0.5, 0.6) is 11.5 Å². The van der Waals surface area contributed by atoms with Crippen molar-refractivity contribution in [2.75, 3.05) is 32.2 Å². The van der Waals surface area contributed by atoms with Crippen LogP contribution in [-0.2, 0) is 0 Å². The molecule has 0 radical (unpaired) electrons. The summed E-state index contributed by atoms with van der Waals surface area (Å²) in [7, 11) is 3.18. The van der Waals surface area contributed by atoms with E-state index < -0.39 is 0 Å². The monoisotopic (exact) mass is 249 g/mol. The van der Waals surface area contributed by atoms with Gasteiger partial charge in [-0.25, -0.2) is 0 Å². The lowest BCUT2D eigenvalue weighted by Crippen LogP contribution is -2.20. The summed E-state index contributed by atoms with van der Waals surface area (Å²) >= 11 is 0. The number of ether oxygens (including phenoxy) is 2. The lowest BCUT2D eigenvalue weighted by atomic mass is 10.1. The van der Waals surface area contributed by atoms with Gasteiger partial charge in [-0.05, 0) is 18.4 Å². The molecule has 1 heterocycles. The lowest BCUT2D eigenvalue weighted by molar-refractivity contribution is 0.112. The molecular weight excluding hydrogens is 230 g/mol. The molecule has 1 saturated heterocycles. The van der Waals surface area contributed by atoms with Crippen LogP contribution in [-0.4, -0.2) is 33.6 Å². The van der Waals surface area contributed by atoms with Gasteiger partial charge in [0.1, 0.15) is 0 Å². The van der Waals surface area contributed by atoms with E-state index in [1.165, 1.54) is 0 Å². The molecule has 18 heavy (non-hydrogen) atoms. The highest BCUT2D eigenvalue weighted by Crippen LogP contribution is 2.36. The molecule has 1 aromatic carbocycles. The number of carbonyl (C=O) groups is 1. The molecule has 98 valence electrons. The van der Waals surface area contributed by atoms with Crippen LogP contribution >= 0.6 is 0 Å². The minimum atomic E-state index is 0.593. The first-order valence-corrected chi connectivity index (χ1v) is 6.15. The largest absolute Gasteiger partial charge is 0.493 e. The number of methoxy groups -OCH3 is 2. The van der Waals surface area contributed by atoms with E-state index in [0.29, 0.717) is 23.0 Å². The van der Waals surface area contributed by atoms with Crippen molar-refractivity contribution in [3.8, 4) is 11.5 Å². The van der Waals surface area contributed by atoms with E-state index in [1.54, 1.807) is 20.3 Å². The van der Waals surface area contributed by atoms with E-state index in [1.807, 2.05) is 6.07 Å². The maximum Gasteiger partial charge on any atom is 0.162 e. The minimum Gasteiger partial charge on any atom is -0.493 e. The number of rotatable bonds is 4. The highest BCUT2D eigenvalue weighted by molar-refractivity contribution is 5.86. The summed E-state index contributed by atoms with van der Waals surface area (Å²) < 4.78 is 10.5. The van der Waals surface area contributed by atoms with Crippen LogP contribution < -0.4 is 14.4 Å². The number of benzene rings is 1. The van der Waals surface area contributed by atoms with Crippen LogP contribution in [0.1, 0.15) is 23.7 Å². The van der Waals surface area contributed by atoms with Crippen LogP contribution in [0.4, 0.5) is 5.69 Å². The van der Waals surface area contributed by atoms with Crippen molar-refractivity contribution in [2.24, 2.45) is 5.92 Å².